The van der Waals surface area contributed by atoms with Crippen LogP contribution in [0.2, 0.25) is 0 Å². The maximum atomic E-state index is 12.4. The van der Waals surface area contributed by atoms with E-state index >= 15 is 0 Å². The minimum Gasteiger partial charge on any atom is -0.497 e. The lowest BCUT2D eigenvalue weighted by molar-refractivity contribution is 0.101. The molecule has 0 aliphatic carbocycles. The SMILES string of the molecule is COc1ccc(C(=O)Nc2nc(C(=O)Nc3ccc(OCC(C)C)cc3)cs2)cc1. The van der Waals surface area contributed by atoms with Crippen molar-refractivity contribution in [3.63, 3.8) is 0 Å². The quantitative estimate of drug-likeness (QED) is 0.546. The molecule has 0 radical (unpaired) electrons. The molecule has 0 spiro atoms. The predicted molar refractivity (Wildman–Crippen MR) is 118 cm³/mol. The topological polar surface area (TPSA) is 89.5 Å². The Hall–Kier alpha value is -3.39. The van der Waals surface area contributed by atoms with Gasteiger partial charge in [-0.1, -0.05) is 13.8 Å². The van der Waals surface area contributed by atoms with Crippen LogP contribution < -0.4 is 20.1 Å². The molecule has 0 aliphatic rings. The molecule has 30 heavy (non-hydrogen) atoms. The van der Waals surface area contributed by atoms with Crippen LogP contribution in [0.15, 0.2) is 53.9 Å². The van der Waals surface area contributed by atoms with Gasteiger partial charge in [0.2, 0.25) is 0 Å². The standard InChI is InChI=1S/C22H23N3O4S/c1-14(2)12-29-18-10-6-16(7-11-18)23-21(27)19-13-30-22(24-19)25-20(26)15-4-8-17(28-3)9-5-15/h4-11,13-14H,12H2,1-3H3,(H,23,27)(H,24,25,26). The first kappa shape index (κ1) is 21.3. The highest BCUT2D eigenvalue weighted by atomic mass is 32.1. The number of nitrogens with zero attached hydrogens (tertiary/aromatic N) is 1. The molecule has 3 rings (SSSR count). The Balaban J connectivity index is 1.57. The monoisotopic (exact) mass is 425 g/mol. The van der Waals surface area contributed by atoms with Gasteiger partial charge in [0.05, 0.1) is 13.7 Å². The first-order chi connectivity index (χ1) is 14.4. The molecule has 2 N–H and O–H groups in total. The summed E-state index contributed by atoms with van der Waals surface area (Å²) in [6, 6.07) is 13.9. The molecule has 0 atom stereocenters. The molecular formula is C22H23N3O4S. The molecule has 2 amide bonds. The van der Waals surface area contributed by atoms with Crippen LogP contribution in [0.5, 0.6) is 11.5 Å². The van der Waals surface area contributed by atoms with Crippen molar-refractivity contribution in [3.05, 3.63) is 65.2 Å². The maximum absolute atomic E-state index is 12.4. The fourth-order valence-electron chi connectivity index (χ4n) is 2.44. The van der Waals surface area contributed by atoms with Crippen molar-refractivity contribution in [1.82, 2.24) is 4.98 Å². The Kier molecular flexibility index (Phi) is 7.03. The first-order valence-electron chi connectivity index (χ1n) is 9.39. The number of hydrogen-bond donors (Lipinski definition) is 2. The smallest absolute Gasteiger partial charge is 0.275 e. The Bertz CT molecular complexity index is 998. The summed E-state index contributed by atoms with van der Waals surface area (Å²) in [5, 5.41) is 7.42. The van der Waals surface area contributed by atoms with E-state index in [1.54, 1.807) is 61.0 Å². The van der Waals surface area contributed by atoms with Crippen LogP contribution in [0.1, 0.15) is 34.7 Å². The summed E-state index contributed by atoms with van der Waals surface area (Å²) in [5.74, 6) is 1.19. The van der Waals surface area contributed by atoms with Gasteiger partial charge in [-0.15, -0.1) is 11.3 Å². The van der Waals surface area contributed by atoms with Crippen molar-refractivity contribution in [1.29, 1.82) is 0 Å². The second-order valence-electron chi connectivity index (χ2n) is 6.90. The summed E-state index contributed by atoms with van der Waals surface area (Å²) in [7, 11) is 1.56. The molecule has 3 aromatic rings. The van der Waals surface area contributed by atoms with Crippen LogP contribution in [0, 0.1) is 5.92 Å². The van der Waals surface area contributed by atoms with Crippen molar-refractivity contribution in [2.24, 2.45) is 5.92 Å². The highest BCUT2D eigenvalue weighted by Crippen LogP contribution is 2.20. The Morgan fingerprint density at radius 1 is 0.967 bits per heavy atom. The number of carbonyl (C=O) groups is 2. The third-order valence-corrected chi connectivity index (χ3v) is 4.76. The van der Waals surface area contributed by atoms with Gasteiger partial charge in [0.1, 0.15) is 17.2 Å². The van der Waals surface area contributed by atoms with E-state index in [1.807, 2.05) is 0 Å². The number of aromatic nitrogens is 1. The number of anilines is 2. The average Bonchev–Trinajstić information content (AvgIpc) is 3.22. The van der Waals surface area contributed by atoms with E-state index < -0.39 is 0 Å². The van der Waals surface area contributed by atoms with Crippen LogP contribution >= 0.6 is 11.3 Å². The Labute approximate surface area is 179 Å². The largest absolute Gasteiger partial charge is 0.497 e. The predicted octanol–water partition coefficient (Wildman–Crippen LogP) is 4.69. The number of amides is 2. The normalized spacial score (nSPS) is 10.5. The molecule has 0 saturated carbocycles. The summed E-state index contributed by atoms with van der Waals surface area (Å²) in [6.45, 7) is 4.79. The van der Waals surface area contributed by atoms with Crippen LogP contribution in [-0.2, 0) is 0 Å². The lowest BCUT2D eigenvalue weighted by Gasteiger charge is -2.09. The summed E-state index contributed by atoms with van der Waals surface area (Å²) in [5.41, 5.74) is 1.33. The second-order valence-corrected chi connectivity index (χ2v) is 7.76. The fourth-order valence-corrected chi connectivity index (χ4v) is 3.13. The molecule has 0 fully saturated rings. The number of ether oxygens (including phenoxy) is 2. The molecule has 7 nitrogen and oxygen atoms in total. The van der Waals surface area contributed by atoms with Crippen molar-refractivity contribution in [2.45, 2.75) is 13.8 Å². The molecule has 1 aromatic heterocycles. The average molecular weight is 426 g/mol. The fraction of sp³-hybridized carbons (Fsp3) is 0.227. The number of benzene rings is 2. The molecule has 0 unspecified atom stereocenters. The third-order valence-electron chi connectivity index (χ3n) is 4.01. The van der Waals surface area contributed by atoms with Crippen LogP contribution in [-0.4, -0.2) is 30.5 Å². The number of hydrogen-bond acceptors (Lipinski definition) is 6. The van der Waals surface area contributed by atoms with Gasteiger partial charge in [0.25, 0.3) is 11.8 Å². The maximum Gasteiger partial charge on any atom is 0.275 e. The van der Waals surface area contributed by atoms with E-state index in [0.717, 1.165) is 5.75 Å². The zero-order valence-corrected chi connectivity index (χ0v) is 17.8. The van der Waals surface area contributed by atoms with E-state index in [4.69, 9.17) is 9.47 Å². The summed E-state index contributed by atoms with van der Waals surface area (Å²) in [6.07, 6.45) is 0. The van der Waals surface area contributed by atoms with E-state index in [0.29, 0.717) is 34.7 Å². The number of rotatable bonds is 8. The minimum atomic E-state index is -0.355. The van der Waals surface area contributed by atoms with Gasteiger partial charge >= 0.3 is 0 Å². The highest BCUT2D eigenvalue weighted by Gasteiger charge is 2.14. The molecular weight excluding hydrogens is 402 g/mol. The van der Waals surface area contributed by atoms with Crippen molar-refractivity contribution >= 4 is 34.0 Å². The van der Waals surface area contributed by atoms with Gasteiger partial charge in [0.15, 0.2) is 5.13 Å². The molecule has 156 valence electrons. The molecule has 0 bridgehead atoms. The lowest BCUT2D eigenvalue weighted by Crippen LogP contribution is -2.14. The van der Waals surface area contributed by atoms with Crippen molar-refractivity contribution < 1.29 is 19.1 Å². The van der Waals surface area contributed by atoms with Gasteiger partial charge in [-0.05, 0) is 54.4 Å². The van der Waals surface area contributed by atoms with Crippen LogP contribution in [0.4, 0.5) is 10.8 Å². The zero-order chi connectivity index (χ0) is 21.5. The van der Waals surface area contributed by atoms with Crippen LogP contribution in [0.3, 0.4) is 0 Å². The second kappa shape index (κ2) is 9.89. The molecule has 8 heteroatoms. The van der Waals surface area contributed by atoms with E-state index in [2.05, 4.69) is 29.5 Å². The third kappa shape index (κ3) is 5.81. The van der Waals surface area contributed by atoms with E-state index in [9.17, 15) is 9.59 Å². The first-order valence-corrected chi connectivity index (χ1v) is 10.3. The highest BCUT2D eigenvalue weighted by molar-refractivity contribution is 7.14. The Morgan fingerprint density at radius 3 is 2.27 bits per heavy atom. The number of nitrogens with one attached hydrogen (secondary N) is 2. The molecule has 2 aromatic carbocycles. The zero-order valence-electron chi connectivity index (χ0n) is 17.0. The molecule has 0 saturated heterocycles. The van der Waals surface area contributed by atoms with Gasteiger partial charge in [-0.3, -0.25) is 14.9 Å². The van der Waals surface area contributed by atoms with Gasteiger partial charge in [-0.2, -0.15) is 0 Å². The summed E-state index contributed by atoms with van der Waals surface area (Å²) < 4.78 is 10.7. The summed E-state index contributed by atoms with van der Waals surface area (Å²) in [4.78, 5) is 28.9. The van der Waals surface area contributed by atoms with E-state index in [1.165, 1.54) is 11.3 Å². The van der Waals surface area contributed by atoms with Crippen LogP contribution in [0.25, 0.3) is 0 Å². The van der Waals surface area contributed by atoms with Crippen molar-refractivity contribution in [3.8, 4) is 11.5 Å². The number of methoxy groups -OCH3 is 1. The minimum absolute atomic E-state index is 0.227. The van der Waals surface area contributed by atoms with Crippen molar-refractivity contribution in [2.75, 3.05) is 24.4 Å². The van der Waals surface area contributed by atoms with Gasteiger partial charge in [0, 0.05) is 16.6 Å². The Morgan fingerprint density at radius 2 is 1.63 bits per heavy atom. The molecule has 1 heterocycles. The van der Waals surface area contributed by atoms with E-state index in [-0.39, 0.29) is 17.5 Å². The van der Waals surface area contributed by atoms with Gasteiger partial charge in [-0.25, -0.2) is 4.98 Å². The number of thiazole rings is 1. The molecule has 0 aliphatic heterocycles. The number of carbonyl (C=O) groups excluding carboxylic acids is 2. The van der Waals surface area contributed by atoms with Gasteiger partial charge < -0.3 is 14.8 Å². The summed E-state index contributed by atoms with van der Waals surface area (Å²) >= 11 is 1.18. The lowest BCUT2D eigenvalue weighted by atomic mass is 10.2.